The van der Waals surface area contributed by atoms with Gasteiger partial charge >= 0.3 is 0 Å². The van der Waals surface area contributed by atoms with Crippen LogP contribution in [-0.2, 0) is 9.47 Å². The van der Waals surface area contributed by atoms with E-state index in [0.29, 0.717) is 0 Å². The zero-order chi connectivity index (χ0) is 10.7. The van der Waals surface area contributed by atoms with Crippen molar-refractivity contribution >= 4 is 15.9 Å². The van der Waals surface area contributed by atoms with Crippen LogP contribution in [0.5, 0.6) is 0 Å². The van der Waals surface area contributed by atoms with Gasteiger partial charge in [0.25, 0.3) is 0 Å². The Labute approximate surface area is 98.7 Å². The summed E-state index contributed by atoms with van der Waals surface area (Å²) < 4.78 is 11.0. The molecule has 0 saturated carbocycles. The number of aryl methyl sites for hydroxylation is 1. The van der Waals surface area contributed by atoms with Gasteiger partial charge < -0.3 is 9.47 Å². The molecule has 1 heterocycles. The number of alkyl halides is 1. The van der Waals surface area contributed by atoms with Crippen LogP contribution in [0.2, 0.25) is 0 Å². The lowest BCUT2D eigenvalue weighted by Crippen LogP contribution is -2.37. The van der Waals surface area contributed by atoms with Gasteiger partial charge in [-0.2, -0.15) is 0 Å². The van der Waals surface area contributed by atoms with E-state index in [4.69, 9.17) is 9.47 Å². The minimum atomic E-state index is 0.138. The fourth-order valence-electron chi connectivity index (χ4n) is 1.60. The summed E-state index contributed by atoms with van der Waals surface area (Å²) in [5.41, 5.74) is 2.51. The molecule has 0 aliphatic carbocycles. The Morgan fingerprint density at radius 3 is 2.87 bits per heavy atom. The van der Waals surface area contributed by atoms with Crippen LogP contribution < -0.4 is 0 Å². The highest BCUT2D eigenvalue weighted by Gasteiger charge is 2.23. The van der Waals surface area contributed by atoms with E-state index in [0.717, 1.165) is 18.5 Å². The van der Waals surface area contributed by atoms with Crippen molar-refractivity contribution in [1.82, 2.24) is 0 Å². The molecule has 1 aliphatic heterocycles. The first-order valence-corrected chi connectivity index (χ1v) is 6.27. The molecule has 1 saturated heterocycles. The van der Waals surface area contributed by atoms with Crippen LogP contribution in [0.4, 0.5) is 0 Å². The van der Waals surface area contributed by atoms with E-state index in [1.807, 2.05) is 0 Å². The first-order chi connectivity index (χ1) is 7.29. The molecule has 0 radical (unpaired) electrons. The van der Waals surface area contributed by atoms with Gasteiger partial charge in [0.15, 0.2) is 0 Å². The molecule has 0 aromatic heterocycles. The molecule has 0 N–H and O–H groups in total. The average Bonchev–Trinajstić information content (AvgIpc) is 2.16. The maximum atomic E-state index is 5.90. The average molecular weight is 271 g/mol. The van der Waals surface area contributed by atoms with Crippen molar-refractivity contribution < 1.29 is 9.47 Å². The molecule has 82 valence electrons. The minimum absolute atomic E-state index is 0.138. The van der Waals surface area contributed by atoms with Crippen LogP contribution in [-0.4, -0.2) is 24.6 Å². The lowest BCUT2D eigenvalue weighted by atomic mass is 10.1. The number of hydrogen-bond acceptors (Lipinski definition) is 2. The number of rotatable bonds is 4. The van der Waals surface area contributed by atoms with Crippen LogP contribution in [0.3, 0.4) is 0 Å². The van der Waals surface area contributed by atoms with Gasteiger partial charge in [0.05, 0.1) is 19.3 Å². The van der Waals surface area contributed by atoms with E-state index >= 15 is 0 Å². The lowest BCUT2D eigenvalue weighted by molar-refractivity contribution is -0.150. The molecule has 1 aliphatic rings. The zero-order valence-corrected chi connectivity index (χ0v) is 10.4. The van der Waals surface area contributed by atoms with Gasteiger partial charge in [0.2, 0.25) is 0 Å². The number of halogens is 1. The molecule has 1 aromatic rings. The molecule has 0 amide bonds. The number of benzene rings is 1. The Bertz CT molecular complexity index is 323. The van der Waals surface area contributed by atoms with E-state index in [-0.39, 0.29) is 12.2 Å². The smallest absolute Gasteiger partial charge is 0.105 e. The monoisotopic (exact) mass is 270 g/mol. The number of ether oxygens (including phenoxy) is 2. The molecule has 2 nitrogen and oxygen atoms in total. The number of hydrogen-bond donors (Lipinski definition) is 0. The molecule has 1 fully saturated rings. The molecule has 15 heavy (non-hydrogen) atoms. The van der Waals surface area contributed by atoms with Crippen LogP contribution in [0.1, 0.15) is 17.2 Å². The van der Waals surface area contributed by atoms with Gasteiger partial charge in [-0.25, -0.2) is 0 Å². The van der Waals surface area contributed by atoms with E-state index in [2.05, 4.69) is 47.1 Å². The van der Waals surface area contributed by atoms with Gasteiger partial charge in [-0.15, -0.1) is 0 Å². The summed E-state index contributed by atoms with van der Waals surface area (Å²) in [4.78, 5) is 0. The Balaban J connectivity index is 2.04. The van der Waals surface area contributed by atoms with Gasteiger partial charge in [-0.3, -0.25) is 0 Å². The van der Waals surface area contributed by atoms with E-state index < -0.39 is 0 Å². The summed E-state index contributed by atoms with van der Waals surface area (Å²) in [7, 11) is 0. The summed E-state index contributed by atoms with van der Waals surface area (Å²) >= 11 is 3.49. The lowest BCUT2D eigenvalue weighted by Gasteiger charge is -2.30. The largest absolute Gasteiger partial charge is 0.376 e. The van der Waals surface area contributed by atoms with Gasteiger partial charge in [0.1, 0.15) is 6.10 Å². The maximum Gasteiger partial charge on any atom is 0.105 e. The van der Waals surface area contributed by atoms with E-state index in [9.17, 15) is 0 Å². The Morgan fingerprint density at radius 2 is 2.33 bits per heavy atom. The van der Waals surface area contributed by atoms with Crippen LogP contribution in [0, 0.1) is 6.92 Å². The van der Waals surface area contributed by atoms with Gasteiger partial charge in [-0.1, -0.05) is 45.8 Å². The summed E-state index contributed by atoms with van der Waals surface area (Å²) in [6.07, 6.45) is 0.409. The molecule has 1 unspecified atom stereocenters. The minimum Gasteiger partial charge on any atom is -0.376 e. The highest BCUT2D eigenvalue weighted by molar-refractivity contribution is 9.09. The second-order valence-corrected chi connectivity index (χ2v) is 4.50. The van der Waals surface area contributed by atoms with Crippen molar-refractivity contribution in [2.45, 2.75) is 19.1 Å². The summed E-state index contributed by atoms with van der Waals surface area (Å²) in [6.45, 7) is 3.56. The Kier molecular flexibility index (Phi) is 3.78. The molecular formula is C12H15BrO2. The molecule has 1 atom stereocenters. The highest BCUT2D eigenvalue weighted by atomic mass is 79.9. The first kappa shape index (κ1) is 11.1. The van der Waals surface area contributed by atoms with Crippen molar-refractivity contribution in [2.75, 3.05) is 18.5 Å². The summed E-state index contributed by atoms with van der Waals surface area (Å²) in [5.74, 6) is 0. The third-order valence-corrected chi connectivity index (χ3v) is 3.11. The third-order valence-electron chi connectivity index (χ3n) is 2.52. The fraction of sp³-hybridized carbons (Fsp3) is 0.500. The van der Waals surface area contributed by atoms with Crippen molar-refractivity contribution in [3.63, 3.8) is 0 Å². The summed E-state index contributed by atoms with van der Waals surface area (Å²) in [6, 6.07) is 8.45. The van der Waals surface area contributed by atoms with Crippen LogP contribution in [0.15, 0.2) is 24.3 Å². The van der Waals surface area contributed by atoms with Gasteiger partial charge in [0, 0.05) is 5.33 Å². The predicted octanol–water partition coefficient (Wildman–Crippen LogP) is 2.85. The van der Waals surface area contributed by atoms with E-state index in [1.165, 1.54) is 11.1 Å². The highest BCUT2D eigenvalue weighted by Crippen LogP contribution is 2.24. The zero-order valence-electron chi connectivity index (χ0n) is 8.78. The molecule has 3 heteroatoms. The fourth-order valence-corrected chi connectivity index (χ4v) is 2.13. The van der Waals surface area contributed by atoms with Crippen LogP contribution in [0.25, 0.3) is 0 Å². The maximum absolute atomic E-state index is 5.90. The normalized spacial score (nSPS) is 18.5. The van der Waals surface area contributed by atoms with Crippen molar-refractivity contribution in [1.29, 1.82) is 0 Å². The molecular weight excluding hydrogens is 256 g/mol. The van der Waals surface area contributed by atoms with Gasteiger partial charge in [-0.05, 0) is 12.5 Å². The second-order valence-electron chi connectivity index (χ2n) is 3.85. The topological polar surface area (TPSA) is 18.5 Å². The second kappa shape index (κ2) is 5.10. The Hall–Kier alpha value is -0.380. The Morgan fingerprint density at radius 1 is 1.53 bits per heavy atom. The van der Waals surface area contributed by atoms with E-state index in [1.54, 1.807) is 0 Å². The van der Waals surface area contributed by atoms with Crippen molar-refractivity contribution in [3.05, 3.63) is 35.4 Å². The molecule has 1 aromatic carbocycles. The standard InChI is InChI=1S/C12H15BrO2/c1-9-3-2-4-10(5-9)12(6-13)15-11-7-14-8-11/h2-5,11-12H,6-8H2,1H3. The third kappa shape index (κ3) is 2.80. The van der Waals surface area contributed by atoms with Crippen molar-refractivity contribution in [3.8, 4) is 0 Å². The summed E-state index contributed by atoms with van der Waals surface area (Å²) in [5, 5.41) is 0.826. The molecule has 0 bridgehead atoms. The quantitative estimate of drug-likeness (QED) is 0.784. The molecule has 0 spiro atoms. The SMILES string of the molecule is Cc1cccc(C(CBr)OC2COC2)c1. The predicted molar refractivity (Wildman–Crippen MR) is 63.4 cm³/mol. The molecule has 2 rings (SSSR count). The van der Waals surface area contributed by atoms with Crippen molar-refractivity contribution in [2.24, 2.45) is 0 Å². The van der Waals surface area contributed by atoms with Crippen LogP contribution >= 0.6 is 15.9 Å². The first-order valence-electron chi connectivity index (χ1n) is 5.15.